The fourth-order valence-electron chi connectivity index (χ4n) is 3.73. The fourth-order valence-corrected chi connectivity index (χ4v) is 4.48. The van der Waals surface area contributed by atoms with Gasteiger partial charge in [-0.15, -0.1) is 15.0 Å². The molecule has 0 N–H and O–H groups in total. The minimum absolute atomic E-state index is 0.00358. The molecule has 1 saturated heterocycles. The zero-order valence-corrected chi connectivity index (χ0v) is 21.2. The van der Waals surface area contributed by atoms with Crippen LogP contribution in [0, 0.1) is 5.92 Å². The van der Waals surface area contributed by atoms with Gasteiger partial charge in [-0.2, -0.15) is 13.2 Å². The van der Waals surface area contributed by atoms with Crippen LogP contribution >= 0.6 is 0 Å². The van der Waals surface area contributed by atoms with E-state index in [0.29, 0.717) is 12.2 Å². The molecular weight excluding hydrogens is 483 g/mol. The second-order valence-corrected chi connectivity index (χ2v) is 15.4. The number of cyclic esters (lactones) is 1. The Morgan fingerprint density at radius 1 is 1.23 bits per heavy atom. The Kier molecular flexibility index (Phi) is 8.31. The molecule has 1 aromatic carbocycles. The first kappa shape index (κ1) is 26.8. The first-order valence-electron chi connectivity index (χ1n) is 11.3. The number of tetrazole rings is 1. The number of benzene rings is 1. The molecule has 1 unspecified atom stereocenters. The van der Waals surface area contributed by atoms with Crippen molar-refractivity contribution < 1.29 is 32.2 Å². The second-order valence-electron chi connectivity index (χ2n) is 9.81. The number of amides is 2. The first-order chi connectivity index (χ1) is 16.3. The third kappa shape index (κ3) is 7.59. The summed E-state index contributed by atoms with van der Waals surface area (Å²) in [5.41, 5.74) is 0.648. The Bertz CT molecular complexity index is 1010. The number of hydrogen-bond donors (Lipinski definition) is 0. The summed E-state index contributed by atoms with van der Waals surface area (Å²) in [5.74, 6) is -2.63. The number of carbonyl (C=O) groups is 2. The summed E-state index contributed by atoms with van der Waals surface area (Å²) in [6.45, 7) is 8.71. The SMILES string of the molecule is C[C@@H]1[C@H](c2ccccc2)OC(=O)N1C(=O)C(Cc1nnn(COCC[Si](C)(C)C)n1)CC(F)(F)F. The Morgan fingerprint density at radius 3 is 2.54 bits per heavy atom. The second kappa shape index (κ2) is 10.9. The van der Waals surface area contributed by atoms with Crippen molar-refractivity contribution in [3.8, 4) is 0 Å². The van der Waals surface area contributed by atoms with Crippen LogP contribution in [0.4, 0.5) is 18.0 Å². The van der Waals surface area contributed by atoms with Gasteiger partial charge in [0.1, 0.15) is 6.10 Å². The predicted molar refractivity (Wildman–Crippen MR) is 122 cm³/mol. The summed E-state index contributed by atoms with van der Waals surface area (Å²) in [7, 11) is -1.28. The quantitative estimate of drug-likeness (QED) is 0.347. The van der Waals surface area contributed by atoms with E-state index in [0.717, 1.165) is 15.7 Å². The topological polar surface area (TPSA) is 99.4 Å². The number of alkyl halides is 3. The number of rotatable bonds is 10. The van der Waals surface area contributed by atoms with Crippen molar-refractivity contribution in [3.05, 3.63) is 41.7 Å². The summed E-state index contributed by atoms with van der Waals surface area (Å²) in [6.07, 6.45) is -8.25. The number of hydrogen-bond acceptors (Lipinski definition) is 7. The van der Waals surface area contributed by atoms with Crippen LogP contribution in [0.5, 0.6) is 0 Å². The molecular formula is C22H30F3N5O4Si. The highest BCUT2D eigenvalue weighted by Crippen LogP contribution is 2.35. The van der Waals surface area contributed by atoms with E-state index in [-0.39, 0.29) is 12.6 Å². The van der Waals surface area contributed by atoms with Crippen LogP contribution in [0.25, 0.3) is 0 Å². The number of aromatic nitrogens is 4. The lowest BCUT2D eigenvalue weighted by molar-refractivity contribution is -0.158. The van der Waals surface area contributed by atoms with Gasteiger partial charge in [0, 0.05) is 21.1 Å². The molecule has 35 heavy (non-hydrogen) atoms. The van der Waals surface area contributed by atoms with E-state index in [1.807, 2.05) is 0 Å². The highest BCUT2D eigenvalue weighted by Gasteiger charge is 2.47. The van der Waals surface area contributed by atoms with E-state index in [9.17, 15) is 22.8 Å². The summed E-state index contributed by atoms with van der Waals surface area (Å²) >= 11 is 0. The van der Waals surface area contributed by atoms with Crippen molar-refractivity contribution in [2.75, 3.05) is 6.61 Å². The number of nitrogens with zero attached hydrogens (tertiary/aromatic N) is 5. The molecule has 3 atom stereocenters. The predicted octanol–water partition coefficient (Wildman–Crippen LogP) is 4.21. The number of halogens is 3. The standard InChI is InChI=1S/C22H30F3N5O4Si/c1-15-19(16-8-6-5-7-9-16)34-21(32)30(15)20(31)17(13-22(23,24)25)12-18-26-28-29(27-18)14-33-10-11-35(2,3)4/h5-9,15,17,19H,10-14H2,1-4H3/t15-,17?,19-/m1/s1. The van der Waals surface area contributed by atoms with E-state index >= 15 is 0 Å². The maximum absolute atomic E-state index is 13.3. The van der Waals surface area contributed by atoms with E-state index in [1.54, 1.807) is 37.3 Å². The molecule has 1 aliphatic rings. The lowest BCUT2D eigenvalue weighted by Gasteiger charge is -2.24. The molecule has 0 bridgehead atoms. The molecule has 0 spiro atoms. The molecule has 9 nitrogen and oxygen atoms in total. The molecule has 1 aromatic heterocycles. The zero-order valence-electron chi connectivity index (χ0n) is 20.2. The van der Waals surface area contributed by atoms with E-state index in [4.69, 9.17) is 9.47 Å². The smallest absolute Gasteiger partial charge is 0.417 e. The van der Waals surface area contributed by atoms with Crippen molar-refractivity contribution in [2.24, 2.45) is 5.92 Å². The largest absolute Gasteiger partial charge is 0.439 e. The average molecular weight is 514 g/mol. The van der Waals surface area contributed by atoms with Crippen molar-refractivity contribution in [1.82, 2.24) is 25.1 Å². The monoisotopic (exact) mass is 513 g/mol. The Labute approximate surface area is 202 Å². The molecule has 13 heteroatoms. The van der Waals surface area contributed by atoms with Gasteiger partial charge in [-0.05, 0) is 23.7 Å². The summed E-state index contributed by atoms with van der Waals surface area (Å²) in [6, 6.07) is 8.88. The molecule has 2 heterocycles. The van der Waals surface area contributed by atoms with Crippen LogP contribution in [-0.4, -0.2) is 64.0 Å². The molecule has 3 rings (SSSR count). The molecule has 192 valence electrons. The summed E-state index contributed by atoms with van der Waals surface area (Å²) in [5, 5.41) is 11.6. The van der Waals surface area contributed by atoms with Gasteiger partial charge in [0.25, 0.3) is 0 Å². The summed E-state index contributed by atoms with van der Waals surface area (Å²) < 4.78 is 50.9. The van der Waals surface area contributed by atoms with Crippen LogP contribution in [0.2, 0.25) is 25.7 Å². The average Bonchev–Trinajstić information content (AvgIpc) is 3.32. The van der Waals surface area contributed by atoms with E-state index < -0.39 is 57.2 Å². The third-order valence-electron chi connectivity index (χ3n) is 5.59. The van der Waals surface area contributed by atoms with Gasteiger partial charge in [-0.25, -0.2) is 9.69 Å². The normalized spacial score (nSPS) is 19.6. The molecule has 1 aliphatic heterocycles. The lowest BCUT2D eigenvalue weighted by atomic mass is 9.97. The molecule has 1 fully saturated rings. The van der Waals surface area contributed by atoms with Crippen molar-refractivity contribution >= 4 is 20.1 Å². The number of ether oxygens (including phenoxy) is 2. The molecule has 2 aromatic rings. The van der Waals surface area contributed by atoms with Gasteiger partial charge < -0.3 is 9.47 Å². The number of carbonyl (C=O) groups excluding carboxylic acids is 2. The van der Waals surface area contributed by atoms with Crippen LogP contribution in [0.1, 0.15) is 30.8 Å². The maximum Gasteiger partial charge on any atom is 0.417 e. The highest BCUT2D eigenvalue weighted by atomic mass is 28.3. The summed E-state index contributed by atoms with van der Waals surface area (Å²) in [4.78, 5) is 27.5. The Balaban J connectivity index is 1.70. The van der Waals surface area contributed by atoms with Crippen LogP contribution < -0.4 is 0 Å². The van der Waals surface area contributed by atoms with Crippen molar-refractivity contribution in [2.45, 2.75) is 70.5 Å². The zero-order chi connectivity index (χ0) is 25.8. The number of imide groups is 1. The minimum Gasteiger partial charge on any atom is -0.439 e. The van der Waals surface area contributed by atoms with E-state index in [2.05, 4.69) is 35.1 Å². The van der Waals surface area contributed by atoms with Gasteiger partial charge in [-0.1, -0.05) is 50.0 Å². The molecule has 2 amide bonds. The lowest BCUT2D eigenvalue weighted by Crippen LogP contribution is -2.43. The van der Waals surface area contributed by atoms with Crippen LogP contribution in [0.3, 0.4) is 0 Å². The van der Waals surface area contributed by atoms with Gasteiger partial charge >= 0.3 is 12.3 Å². The van der Waals surface area contributed by atoms with Gasteiger partial charge in [0.05, 0.1) is 18.4 Å². The third-order valence-corrected chi connectivity index (χ3v) is 7.29. The van der Waals surface area contributed by atoms with E-state index in [1.165, 1.54) is 0 Å². The Morgan fingerprint density at radius 2 is 1.91 bits per heavy atom. The first-order valence-corrected chi connectivity index (χ1v) is 15.0. The molecule has 0 aliphatic carbocycles. The molecule has 0 radical (unpaired) electrons. The van der Waals surface area contributed by atoms with Gasteiger partial charge in [-0.3, -0.25) is 4.79 Å². The van der Waals surface area contributed by atoms with Crippen molar-refractivity contribution in [3.63, 3.8) is 0 Å². The molecule has 0 saturated carbocycles. The fraction of sp³-hybridized carbons (Fsp3) is 0.591. The van der Waals surface area contributed by atoms with Crippen LogP contribution in [-0.2, 0) is 27.4 Å². The maximum atomic E-state index is 13.3. The Hall–Kier alpha value is -2.80. The highest BCUT2D eigenvalue weighted by molar-refractivity contribution is 6.76. The van der Waals surface area contributed by atoms with Gasteiger partial charge in [0.2, 0.25) is 5.91 Å². The van der Waals surface area contributed by atoms with Crippen LogP contribution in [0.15, 0.2) is 30.3 Å². The van der Waals surface area contributed by atoms with Gasteiger partial charge in [0.15, 0.2) is 12.6 Å². The minimum atomic E-state index is -4.64. The van der Waals surface area contributed by atoms with Crippen molar-refractivity contribution in [1.29, 1.82) is 0 Å².